The van der Waals surface area contributed by atoms with Crippen LogP contribution in [-0.2, 0) is 13.0 Å². The molecule has 0 fully saturated rings. The van der Waals surface area contributed by atoms with Crippen LogP contribution in [0.2, 0.25) is 0 Å². The maximum atomic E-state index is 5.65. The molecule has 0 saturated carbocycles. The first-order chi connectivity index (χ1) is 9.11. The number of nitrogens with two attached hydrogens (primary N) is 1. The Morgan fingerprint density at radius 2 is 2.21 bits per heavy atom. The molecule has 0 saturated heterocycles. The molecule has 0 spiro atoms. The van der Waals surface area contributed by atoms with Crippen LogP contribution in [0.15, 0.2) is 30.6 Å². The van der Waals surface area contributed by atoms with Gasteiger partial charge >= 0.3 is 0 Å². The summed E-state index contributed by atoms with van der Waals surface area (Å²) in [7, 11) is 0. The van der Waals surface area contributed by atoms with Gasteiger partial charge in [0.2, 0.25) is 0 Å². The molecule has 3 nitrogen and oxygen atoms in total. The van der Waals surface area contributed by atoms with Crippen molar-refractivity contribution in [1.29, 1.82) is 0 Å². The number of thiocarbonyl (C=S) groups is 1. The summed E-state index contributed by atoms with van der Waals surface area (Å²) in [5.41, 5.74) is 9.06. The molecule has 0 bridgehead atoms. The second-order valence-corrected chi connectivity index (χ2v) is 5.17. The van der Waals surface area contributed by atoms with Crippen molar-refractivity contribution < 1.29 is 0 Å². The van der Waals surface area contributed by atoms with Crippen molar-refractivity contribution in [2.75, 3.05) is 0 Å². The minimum atomic E-state index is 0.448. The average molecular weight is 273 g/mol. The molecule has 2 N–H and O–H groups in total. The van der Waals surface area contributed by atoms with Gasteiger partial charge < -0.3 is 10.3 Å². The van der Waals surface area contributed by atoms with E-state index in [4.69, 9.17) is 18.0 Å². The Bertz CT molecular complexity index is 587. The molecule has 0 aliphatic carbocycles. The number of aryl methyl sites for hydroxylation is 2. The van der Waals surface area contributed by atoms with Crippen molar-refractivity contribution in [3.8, 4) is 0 Å². The number of aromatic nitrogens is 2. The summed E-state index contributed by atoms with van der Waals surface area (Å²) in [5, 5.41) is 0. The molecule has 0 aliphatic rings. The number of hydrogen-bond donors (Lipinski definition) is 1. The summed E-state index contributed by atoms with van der Waals surface area (Å²) in [4.78, 5) is 4.85. The van der Waals surface area contributed by atoms with Gasteiger partial charge in [-0.2, -0.15) is 0 Å². The van der Waals surface area contributed by atoms with E-state index in [1.165, 1.54) is 11.1 Å². The molecule has 0 unspecified atom stereocenters. The Morgan fingerprint density at radius 1 is 1.42 bits per heavy atom. The fourth-order valence-electron chi connectivity index (χ4n) is 2.15. The van der Waals surface area contributed by atoms with Crippen molar-refractivity contribution in [2.45, 2.75) is 33.2 Å². The topological polar surface area (TPSA) is 43.8 Å². The fourth-order valence-corrected chi connectivity index (χ4v) is 2.27. The van der Waals surface area contributed by atoms with E-state index in [1.54, 1.807) is 0 Å². The van der Waals surface area contributed by atoms with E-state index < -0.39 is 0 Å². The van der Waals surface area contributed by atoms with Crippen LogP contribution in [0.1, 0.15) is 35.9 Å². The van der Waals surface area contributed by atoms with Gasteiger partial charge in [0.25, 0.3) is 0 Å². The van der Waals surface area contributed by atoms with E-state index in [0.29, 0.717) is 4.99 Å². The van der Waals surface area contributed by atoms with E-state index in [2.05, 4.69) is 29.5 Å². The third-order valence-corrected chi connectivity index (χ3v) is 3.48. The first kappa shape index (κ1) is 13.7. The van der Waals surface area contributed by atoms with Gasteiger partial charge in [0.05, 0.1) is 0 Å². The van der Waals surface area contributed by atoms with Crippen LogP contribution in [0.3, 0.4) is 0 Å². The van der Waals surface area contributed by atoms with Gasteiger partial charge in [-0.05, 0) is 30.5 Å². The summed E-state index contributed by atoms with van der Waals surface area (Å²) >= 11 is 5.00. The Labute approximate surface area is 119 Å². The molecule has 4 heteroatoms. The summed E-state index contributed by atoms with van der Waals surface area (Å²) < 4.78 is 2.20. The lowest BCUT2D eigenvalue weighted by Crippen LogP contribution is -2.11. The highest BCUT2D eigenvalue weighted by molar-refractivity contribution is 7.80. The van der Waals surface area contributed by atoms with Crippen molar-refractivity contribution >= 4 is 17.2 Å². The van der Waals surface area contributed by atoms with Crippen LogP contribution in [0.4, 0.5) is 0 Å². The van der Waals surface area contributed by atoms with E-state index in [1.807, 2.05) is 24.5 Å². The molecular formula is C15H19N3S. The molecule has 2 aromatic rings. The molecular weight excluding hydrogens is 254 g/mol. The zero-order chi connectivity index (χ0) is 13.8. The molecule has 0 amide bonds. The monoisotopic (exact) mass is 273 g/mol. The number of imidazole rings is 1. The first-order valence-electron chi connectivity index (χ1n) is 6.51. The number of hydrogen-bond acceptors (Lipinski definition) is 2. The minimum absolute atomic E-state index is 0.448. The van der Waals surface area contributed by atoms with Crippen LogP contribution in [0.25, 0.3) is 0 Å². The lowest BCUT2D eigenvalue weighted by molar-refractivity contribution is 0.703. The predicted molar refractivity (Wildman–Crippen MR) is 82.4 cm³/mol. The zero-order valence-electron chi connectivity index (χ0n) is 11.4. The van der Waals surface area contributed by atoms with Crippen molar-refractivity contribution in [3.05, 3.63) is 53.1 Å². The lowest BCUT2D eigenvalue weighted by atomic mass is 10.0. The van der Waals surface area contributed by atoms with E-state index in [-0.39, 0.29) is 0 Å². The van der Waals surface area contributed by atoms with Gasteiger partial charge in [-0.1, -0.05) is 31.3 Å². The van der Waals surface area contributed by atoms with Crippen LogP contribution in [0.5, 0.6) is 0 Å². The van der Waals surface area contributed by atoms with Crippen molar-refractivity contribution in [1.82, 2.24) is 9.55 Å². The fraction of sp³-hybridized carbons (Fsp3) is 0.333. The highest BCUT2D eigenvalue weighted by atomic mass is 32.1. The standard InChI is InChI=1S/C15H19N3S/c1-3-4-14-17-7-8-18(14)10-13-6-5-12(15(16)19)9-11(13)2/h5-9H,3-4,10H2,1-2H3,(H2,16,19). The zero-order valence-corrected chi connectivity index (χ0v) is 12.2. The number of nitrogens with zero attached hydrogens (tertiary/aromatic N) is 2. The molecule has 100 valence electrons. The summed E-state index contributed by atoms with van der Waals surface area (Å²) in [6.07, 6.45) is 6.02. The maximum absolute atomic E-state index is 5.65. The van der Waals surface area contributed by atoms with E-state index >= 15 is 0 Å². The second kappa shape index (κ2) is 5.97. The molecule has 2 rings (SSSR count). The summed E-state index contributed by atoms with van der Waals surface area (Å²) in [6.45, 7) is 5.10. The third-order valence-electron chi connectivity index (χ3n) is 3.24. The normalized spacial score (nSPS) is 10.6. The lowest BCUT2D eigenvalue weighted by Gasteiger charge is -2.11. The third kappa shape index (κ3) is 3.20. The van der Waals surface area contributed by atoms with Gasteiger partial charge in [0, 0.05) is 30.9 Å². The SMILES string of the molecule is CCCc1nccn1Cc1ccc(C(N)=S)cc1C. The quantitative estimate of drug-likeness (QED) is 0.852. The van der Waals surface area contributed by atoms with Crippen LogP contribution < -0.4 is 5.73 Å². The first-order valence-corrected chi connectivity index (χ1v) is 6.92. The molecule has 1 aromatic carbocycles. The molecule has 0 aliphatic heterocycles. The molecule has 0 atom stereocenters. The Balaban J connectivity index is 2.23. The van der Waals surface area contributed by atoms with Crippen LogP contribution >= 0.6 is 12.2 Å². The number of benzene rings is 1. The molecule has 19 heavy (non-hydrogen) atoms. The largest absolute Gasteiger partial charge is 0.389 e. The maximum Gasteiger partial charge on any atom is 0.108 e. The predicted octanol–water partition coefficient (Wildman–Crippen LogP) is 2.83. The Morgan fingerprint density at radius 3 is 2.84 bits per heavy atom. The van der Waals surface area contributed by atoms with Crippen LogP contribution in [-0.4, -0.2) is 14.5 Å². The average Bonchev–Trinajstić information content (AvgIpc) is 2.79. The van der Waals surface area contributed by atoms with E-state index in [9.17, 15) is 0 Å². The highest BCUT2D eigenvalue weighted by Gasteiger charge is 2.06. The van der Waals surface area contributed by atoms with Gasteiger partial charge in [0.15, 0.2) is 0 Å². The molecule has 1 aromatic heterocycles. The van der Waals surface area contributed by atoms with Gasteiger partial charge in [-0.25, -0.2) is 4.98 Å². The van der Waals surface area contributed by atoms with Crippen molar-refractivity contribution in [2.24, 2.45) is 5.73 Å². The Kier molecular flexibility index (Phi) is 4.32. The Hall–Kier alpha value is -1.68. The minimum Gasteiger partial charge on any atom is -0.389 e. The summed E-state index contributed by atoms with van der Waals surface area (Å²) in [6, 6.07) is 6.13. The van der Waals surface area contributed by atoms with Gasteiger partial charge in [-0.15, -0.1) is 0 Å². The smallest absolute Gasteiger partial charge is 0.108 e. The van der Waals surface area contributed by atoms with Gasteiger partial charge in [-0.3, -0.25) is 0 Å². The molecule has 1 heterocycles. The highest BCUT2D eigenvalue weighted by Crippen LogP contribution is 2.14. The number of rotatable bonds is 5. The molecule has 0 radical (unpaired) electrons. The second-order valence-electron chi connectivity index (χ2n) is 4.73. The van der Waals surface area contributed by atoms with Gasteiger partial charge in [0.1, 0.15) is 10.8 Å². The summed E-state index contributed by atoms with van der Waals surface area (Å²) in [5.74, 6) is 1.14. The van der Waals surface area contributed by atoms with E-state index in [0.717, 1.165) is 30.8 Å². The van der Waals surface area contributed by atoms with Crippen LogP contribution in [0, 0.1) is 6.92 Å². The van der Waals surface area contributed by atoms with Crippen molar-refractivity contribution in [3.63, 3.8) is 0 Å².